The maximum atomic E-state index is 12.2. The van der Waals surface area contributed by atoms with Gasteiger partial charge in [-0.3, -0.25) is 4.79 Å². The number of carbonyl (C=O) groups is 1. The SMILES string of the molecule is CCc1ncc(S(=O)(=O)NC(CC)(CC)C(=O)O)[nH]1. The monoisotopic (exact) mass is 289 g/mol. The summed E-state index contributed by atoms with van der Waals surface area (Å²) in [6.45, 7) is 5.09. The Kier molecular flexibility index (Phi) is 4.70. The molecule has 108 valence electrons. The van der Waals surface area contributed by atoms with Crippen molar-refractivity contribution < 1.29 is 18.3 Å². The van der Waals surface area contributed by atoms with Crippen LogP contribution in [0.25, 0.3) is 0 Å². The van der Waals surface area contributed by atoms with Crippen LogP contribution in [0.5, 0.6) is 0 Å². The van der Waals surface area contributed by atoms with Crippen molar-refractivity contribution in [2.24, 2.45) is 0 Å². The van der Waals surface area contributed by atoms with Crippen LogP contribution in [0, 0.1) is 0 Å². The second-order valence-electron chi connectivity index (χ2n) is 4.25. The molecule has 0 bridgehead atoms. The minimum Gasteiger partial charge on any atom is -0.480 e. The molecular formula is C11H19N3O4S. The average Bonchev–Trinajstić information content (AvgIpc) is 2.85. The van der Waals surface area contributed by atoms with Crippen molar-refractivity contribution in [2.75, 3.05) is 0 Å². The van der Waals surface area contributed by atoms with Crippen LogP contribution in [0.2, 0.25) is 0 Å². The summed E-state index contributed by atoms with van der Waals surface area (Å²) >= 11 is 0. The summed E-state index contributed by atoms with van der Waals surface area (Å²) in [4.78, 5) is 17.9. The number of aliphatic carboxylic acids is 1. The first-order valence-corrected chi connectivity index (χ1v) is 7.60. The first-order chi connectivity index (χ1) is 8.81. The van der Waals surface area contributed by atoms with Crippen molar-refractivity contribution >= 4 is 16.0 Å². The molecule has 0 unspecified atom stereocenters. The predicted molar refractivity (Wildman–Crippen MR) is 69.2 cm³/mol. The number of aromatic amines is 1. The van der Waals surface area contributed by atoms with E-state index in [-0.39, 0.29) is 17.9 Å². The molecule has 0 saturated heterocycles. The second kappa shape index (κ2) is 5.70. The summed E-state index contributed by atoms with van der Waals surface area (Å²) in [5.74, 6) is -0.648. The van der Waals surface area contributed by atoms with Gasteiger partial charge in [0.1, 0.15) is 11.4 Å². The van der Waals surface area contributed by atoms with Crippen LogP contribution in [-0.4, -0.2) is 35.0 Å². The second-order valence-corrected chi connectivity index (χ2v) is 5.90. The summed E-state index contributed by atoms with van der Waals surface area (Å²) in [7, 11) is -3.93. The number of nitrogens with one attached hydrogen (secondary N) is 2. The van der Waals surface area contributed by atoms with Crippen LogP contribution >= 0.6 is 0 Å². The van der Waals surface area contributed by atoms with Crippen molar-refractivity contribution in [3.8, 4) is 0 Å². The summed E-state index contributed by atoms with van der Waals surface area (Å²) in [6.07, 6.45) is 2.08. The lowest BCUT2D eigenvalue weighted by atomic mass is 9.95. The standard InChI is InChI=1S/C11H19N3O4S/c1-4-8-12-7-9(13-8)19(17,18)14-11(5-2,6-3)10(15)16/h7,14H,4-6H2,1-3H3,(H,12,13)(H,15,16). The Hall–Kier alpha value is -1.41. The number of nitrogens with zero attached hydrogens (tertiary/aromatic N) is 1. The number of carboxylic acid groups (broad SMARTS) is 1. The number of H-pyrrole nitrogens is 1. The highest BCUT2D eigenvalue weighted by Gasteiger charge is 2.39. The van der Waals surface area contributed by atoms with Gasteiger partial charge in [-0.2, -0.15) is 4.72 Å². The number of imidazole rings is 1. The zero-order valence-corrected chi connectivity index (χ0v) is 12.0. The highest BCUT2D eigenvalue weighted by atomic mass is 32.2. The predicted octanol–water partition coefficient (Wildman–Crippen LogP) is 0.894. The van der Waals surface area contributed by atoms with Gasteiger partial charge in [0.2, 0.25) is 0 Å². The molecule has 19 heavy (non-hydrogen) atoms. The Bertz CT molecular complexity index is 546. The molecule has 1 rings (SSSR count). The first-order valence-electron chi connectivity index (χ1n) is 6.12. The molecule has 0 fully saturated rings. The summed E-state index contributed by atoms with van der Waals surface area (Å²) in [5.41, 5.74) is -1.49. The molecule has 0 saturated carbocycles. The van der Waals surface area contributed by atoms with Gasteiger partial charge in [0.05, 0.1) is 6.20 Å². The maximum Gasteiger partial charge on any atom is 0.324 e. The first kappa shape index (κ1) is 15.6. The number of hydrogen-bond donors (Lipinski definition) is 3. The fourth-order valence-corrected chi connectivity index (χ4v) is 3.16. The van der Waals surface area contributed by atoms with Gasteiger partial charge in [-0.15, -0.1) is 0 Å². The van der Waals surface area contributed by atoms with Gasteiger partial charge in [0.15, 0.2) is 5.03 Å². The van der Waals surface area contributed by atoms with Gasteiger partial charge in [-0.25, -0.2) is 13.4 Å². The fourth-order valence-electron chi connectivity index (χ4n) is 1.71. The summed E-state index contributed by atoms with van der Waals surface area (Å²) < 4.78 is 26.6. The number of aryl methyl sites for hydroxylation is 1. The van der Waals surface area contributed by atoms with Crippen molar-refractivity contribution in [1.82, 2.24) is 14.7 Å². The smallest absolute Gasteiger partial charge is 0.324 e. The minimum absolute atomic E-state index is 0.114. The molecule has 0 spiro atoms. The van der Waals surface area contributed by atoms with Crippen molar-refractivity contribution in [3.63, 3.8) is 0 Å². The number of sulfonamides is 1. The normalized spacial score (nSPS) is 12.6. The van der Waals surface area contributed by atoms with Gasteiger partial charge < -0.3 is 10.1 Å². The van der Waals surface area contributed by atoms with Gasteiger partial charge >= 0.3 is 5.97 Å². The molecule has 0 radical (unpaired) electrons. The molecule has 0 atom stereocenters. The lowest BCUT2D eigenvalue weighted by molar-refractivity contribution is -0.144. The molecule has 0 aromatic carbocycles. The zero-order valence-electron chi connectivity index (χ0n) is 11.2. The van der Waals surface area contributed by atoms with Crippen LogP contribution in [-0.2, 0) is 21.2 Å². The lowest BCUT2D eigenvalue weighted by Crippen LogP contribution is -2.53. The van der Waals surface area contributed by atoms with E-state index in [0.29, 0.717) is 12.2 Å². The number of carboxylic acids is 1. The van der Waals surface area contributed by atoms with E-state index in [2.05, 4.69) is 14.7 Å². The van der Waals surface area contributed by atoms with Crippen molar-refractivity contribution in [3.05, 3.63) is 12.0 Å². The van der Waals surface area contributed by atoms with Crippen LogP contribution in [0.4, 0.5) is 0 Å². The Morgan fingerprint density at radius 3 is 2.37 bits per heavy atom. The zero-order chi connectivity index (χ0) is 14.7. The Morgan fingerprint density at radius 2 is 2.00 bits per heavy atom. The molecule has 0 aliphatic heterocycles. The van der Waals surface area contributed by atoms with Gasteiger partial charge in [-0.05, 0) is 12.8 Å². The van der Waals surface area contributed by atoms with Gasteiger partial charge in [0, 0.05) is 6.42 Å². The quantitative estimate of drug-likeness (QED) is 0.690. The Labute approximate surface area is 112 Å². The largest absolute Gasteiger partial charge is 0.480 e. The van der Waals surface area contributed by atoms with E-state index >= 15 is 0 Å². The lowest BCUT2D eigenvalue weighted by Gasteiger charge is -2.27. The molecule has 1 aromatic heterocycles. The summed E-state index contributed by atoms with van der Waals surface area (Å²) in [6, 6.07) is 0. The third-order valence-electron chi connectivity index (χ3n) is 3.18. The molecule has 3 N–H and O–H groups in total. The minimum atomic E-state index is -3.93. The Morgan fingerprint density at radius 1 is 1.42 bits per heavy atom. The van der Waals surface area contributed by atoms with Crippen LogP contribution in [0.3, 0.4) is 0 Å². The molecule has 7 nitrogen and oxygen atoms in total. The van der Waals surface area contributed by atoms with Crippen molar-refractivity contribution in [2.45, 2.75) is 50.6 Å². The van der Waals surface area contributed by atoms with E-state index < -0.39 is 21.5 Å². The molecule has 0 aliphatic rings. The number of aromatic nitrogens is 2. The van der Waals surface area contributed by atoms with E-state index in [0.717, 1.165) is 0 Å². The van der Waals surface area contributed by atoms with E-state index in [1.54, 1.807) is 13.8 Å². The summed E-state index contributed by atoms with van der Waals surface area (Å²) in [5, 5.41) is 9.12. The van der Waals surface area contributed by atoms with Gasteiger partial charge in [-0.1, -0.05) is 20.8 Å². The van der Waals surface area contributed by atoms with Crippen LogP contribution in [0.15, 0.2) is 11.2 Å². The molecule has 1 heterocycles. The van der Waals surface area contributed by atoms with E-state index in [9.17, 15) is 18.3 Å². The number of rotatable bonds is 7. The molecule has 0 amide bonds. The van der Waals surface area contributed by atoms with E-state index in [1.807, 2.05) is 6.92 Å². The maximum absolute atomic E-state index is 12.2. The highest BCUT2D eigenvalue weighted by Crippen LogP contribution is 2.19. The third kappa shape index (κ3) is 3.13. The van der Waals surface area contributed by atoms with E-state index in [1.165, 1.54) is 6.20 Å². The molecule has 0 aliphatic carbocycles. The van der Waals surface area contributed by atoms with E-state index in [4.69, 9.17) is 0 Å². The van der Waals surface area contributed by atoms with Gasteiger partial charge in [0.25, 0.3) is 10.0 Å². The topological polar surface area (TPSA) is 112 Å². The molecular weight excluding hydrogens is 270 g/mol. The third-order valence-corrected chi connectivity index (χ3v) is 4.62. The Balaban J connectivity index is 3.10. The number of hydrogen-bond acceptors (Lipinski definition) is 4. The highest BCUT2D eigenvalue weighted by molar-refractivity contribution is 7.89. The van der Waals surface area contributed by atoms with Crippen LogP contribution < -0.4 is 4.72 Å². The van der Waals surface area contributed by atoms with Crippen LogP contribution in [0.1, 0.15) is 39.4 Å². The van der Waals surface area contributed by atoms with Crippen molar-refractivity contribution in [1.29, 1.82) is 0 Å². The fraction of sp³-hybridized carbons (Fsp3) is 0.636. The molecule has 8 heteroatoms. The average molecular weight is 289 g/mol. The molecule has 1 aromatic rings.